The third-order valence-electron chi connectivity index (χ3n) is 5.04. The summed E-state index contributed by atoms with van der Waals surface area (Å²) in [6.07, 6.45) is 1.66. The van der Waals surface area contributed by atoms with Crippen molar-refractivity contribution in [2.75, 3.05) is 31.5 Å². The number of hydrogen-bond donors (Lipinski definition) is 1. The Bertz CT molecular complexity index is 843. The summed E-state index contributed by atoms with van der Waals surface area (Å²) in [7, 11) is 0. The summed E-state index contributed by atoms with van der Waals surface area (Å²) in [5.74, 6) is -0.267. The molecule has 0 bridgehead atoms. The van der Waals surface area contributed by atoms with E-state index in [0.29, 0.717) is 32.0 Å². The maximum Gasteiger partial charge on any atom is 0.256 e. The second-order valence-electron chi connectivity index (χ2n) is 7.23. The van der Waals surface area contributed by atoms with Gasteiger partial charge in [0.05, 0.1) is 17.8 Å². The van der Waals surface area contributed by atoms with Crippen molar-refractivity contribution in [3.05, 3.63) is 47.9 Å². The fraction of sp³-hybridized carbons (Fsp3) is 0.450. The highest BCUT2D eigenvalue weighted by Gasteiger charge is 2.29. The Morgan fingerprint density at radius 2 is 1.75 bits per heavy atom. The number of piperazine rings is 1. The summed E-state index contributed by atoms with van der Waals surface area (Å²) in [6, 6.07) is 7.58. The van der Waals surface area contributed by atoms with Gasteiger partial charge in [0, 0.05) is 38.3 Å². The first-order valence-corrected chi connectivity index (χ1v) is 9.50. The van der Waals surface area contributed by atoms with Crippen LogP contribution in [0.25, 0.3) is 0 Å². The molecule has 2 amide bonds. The van der Waals surface area contributed by atoms with Crippen LogP contribution < -0.4 is 5.32 Å². The fourth-order valence-electron chi connectivity index (χ4n) is 3.34. The minimum absolute atomic E-state index is 0.0867. The average molecular weight is 387 g/mol. The molecule has 0 saturated carbocycles. The summed E-state index contributed by atoms with van der Waals surface area (Å²) >= 11 is 0. The zero-order chi connectivity index (χ0) is 20.3. The highest BCUT2D eigenvalue weighted by Crippen LogP contribution is 2.16. The predicted octanol–water partition coefficient (Wildman–Crippen LogP) is 2.39. The molecule has 1 aliphatic heterocycles. The maximum atomic E-state index is 13.9. The van der Waals surface area contributed by atoms with E-state index in [1.807, 2.05) is 25.7 Å². The van der Waals surface area contributed by atoms with Crippen LogP contribution in [0, 0.1) is 5.82 Å². The van der Waals surface area contributed by atoms with Crippen molar-refractivity contribution in [1.29, 1.82) is 0 Å². The molecule has 1 atom stereocenters. The van der Waals surface area contributed by atoms with E-state index in [0.717, 1.165) is 0 Å². The molecule has 1 N–H and O–H groups in total. The monoisotopic (exact) mass is 387 g/mol. The third kappa shape index (κ3) is 4.22. The van der Waals surface area contributed by atoms with Gasteiger partial charge in [-0.05, 0) is 32.9 Å². The molecule has 8 heteroatoms. The van der Waals surface area contributed by atoms with Gasteiger partial charge < -0.3 is 10.2 Å². The highest BCUT2D eigenvalue weighted by atomic mass is 19.1. The molecule has 150 valence electrons. The van der Waals surface area contributed by atoms with E-state index in [-0.39, 0.29) is 29.5 Å². The average Bonchev–Trinajstić information content (AvgIpc) is 3.16. The van der Waals surface area contributed by atoms with Crippen LogP contribution in [0.15, 0.2) is 36.5 Å². The van der Waals surface area contributed by atoms with Gasteiger partial charge in [-0.25, -0.2) is 9.07 Å². The number of benzene rings is 1. The highest BCUT2D eigenvalue weighted by molar-refractivity contribution is 5.95. The molecular weight excluding hydrogens is 361 g/mol. The van der Waals surface area contributed by atoms with Crippen molar-refractivity contribution >= 4 is 17.6 Å². The Kier molecular flexibility index (Phi) is 6.08. The Balaban J connectivity index is 1.57. The molecule has 1 saturated heterocycles. The topological polar surface area (TPSA) is 70.5 Å². The molecule has 28 heavy (non-hydrogen) atoms. The van der Waals surface area contributed by atoms with E-state index >= 15 is 0 Å². The van der Waals surface area contributed by atoms with Gasteiger partial charge in [0.15, 0.2) is 0 Å². The van der Waals surface area contributed by atoms with Gasteiger partial charge in [0.25, 0.3) is 5.91 Å². The maximum absolute atomic E-state index is 13.9. The van der Waals surface area contributed by atoms with Gasteiger partial charge in [-0.15, -0.1) is 0 Å². The van der Waals surface area contributed by atoms with E-state index in [1.165, 1.54) is 12.1 Å². The SMILES string of the molecule is CC(C(=O)Nc1ccnn1C(C)C)N1CCN(C(=O)c2ccccc2F)CC1. The Morgan fingerprint density at radius 1 is 1.07 bits per heavy atom. The van der Waals surface area contributed by atoms with Crippen molar-refractivity contribution in [2.45, 2.75) is 32.9 Å². The predicted molar refractivity (Wildman–Crippen MR) is 105 cm³/mol. The van der Waals surface area contributed by atoms with Gasteiger partial charge in [-0.1, -0.05) is 12.1 Å². The van der Waals surface area contributed by atoms with Crippen molar-refractivity contribution in [1.82, 2.24) is 19.6 Å². The quantitative estimate of drug-likeness (QED) is 0.855. The number of rotatable bonds is 5. The molecule has 0 radical (unpaired) electrons. The molecule has 0 aliphatic carbocycles. The number of carbonyl (C=O) groups excluding carboxylic acids is 2. The second-order valence-corrected chi connectivity index (χ2v) is 7.23. The van der Waals surface area contributed by atoms with Crippen molar-refractivity contribution < 1.29 is 14.0 Å². The van der Waals surface area contributed by atoms with Gasteiger partial charge in [0.2, 0.25) is 5.91 Å². The molecule has 3 rings (SSSR count). The van der Waals surface area contributed by atoms with Crippen LogP contribution in [0.4, 0.5) is 10.2 Å². The Morgan fingerprint density at radius 3 is 2.39 bits per heavy atom. The van der Waals surface area contributed by atoms with Crippen LogP contribution >= 0.6 is 0 Å². The molecule has 1 unspecified atom stereocenters. The van der Waals surface area contributed by atoms with E-state index < -0.39 is 5.82 Å². The lowest BCUT2D eigenvalue weighted by atomic mass is 10.1. The largest absolute Gasteiger partial charge is 0.336 e. The lowest BCUT2D eigenvalue weighted by Gasteiger charge is -2.37. The minimum Gasteiger partial charge on any atom is -0.336 e. The van der Waals surface area contributed by atoms with E-state index in [9.17, 15) is 14.0 Å². The number of halogens is 1. The standard InChI is InChI=1S/C20H26FN5O2/c1-14(2)26-18(8-9-22-26)23-19(27)15(3)24-10-12-25(13-11-24)20(28)16-6-4-5-7-17(16)21/h4-9,14-15H,10-13H2,1-3H3,(H,23,27). The van der Waals surface area contributed by atoms with E-state index in [2.05, 4.69) is 10.4 Å². The zero-order valence-corrected chi connectivity index (χ0v) is 16.4. The number of nitrogens with zero attached hydrogens (tertiary/aromatic N) is 4. The van der Waals surface area contributed by atoms with Gasteiger partial charge in [-0.2, -0.15) is 5.10 Å². The fourth-order valence-corrected chi connectivity index (χ4v) is 3.34. The summed E-state index contributed by atoms with van der Waals surface area (Å²) in [4.78, 5) is 28.8. The lowest BCUT2D eigenvalue weighted by Crippen LogP contribution is -2.54. The van der Waals surface area contributed by atoms with Crippen LogP contribution in [0.5, 0.6) is 0 Å². The summed E-state index contributed by atoms with van der Waals surface area (Å²) in [6.45, 7) is 7.86. The van der Waals surface area contributed by atoms with Crippen LogP contribution in [-0.2, 0) is 4.79 Å². The van der Waals surface area contributed by atoms with Gasteiger partial charge >= 0.3 is 0 Å². The normalized spacial score (nSPS) is 16.2. The molecular formula is C20H26FN5O2. The summed E-state index contributed by atoms with van der Waals surface area (Å²) in [5.41, 5.74) is 0.0867. The molecule has 1 aromatic carbocycles. The lowest BCUT2D eigenvalue weighted by molar-refractivity contribution is -0.121. The van der Waals surface area contributed by atoms with Gasteiger partial charge in [0.1, 0.15) is 11.6 Å². The molecule has 0 spiro atoms. The number of carbonyl (C=O) groups is 2. The van der Waals surface area contributed by atoms with Crippen molar-refractivity contribution in [3.8, 4) is 0 Å². The van der Waals surface area contributed by atoms with Crippen LogP contribution in [0.3, 0.4) is 0 Å². The Labute approximate surface area is 164 Å². The number of aromatic nitrogens is 2. The number of amides is 2. The van der Waals surface area contributed by atoms with Crippen molar-refractivity contribution in [3.63, 3.8) is 0 Å². The summed E-state index contributed by atoms with van der Waals surface area (Å²) < 4.78 is 15.6. The molecule has 1 aliphatic rings. The number of anilines is 1. The molecule has 2 heterocycles. The number of hydrogen-bond acceptors (Lipinski definition) is 4. The van der Waals surface area contributed by atoms with Crippen LogP contribution in [0.2, 0.25) is 0 Å². The van der Waals surface area contributed by atoms with Crippen molar-refractivity contribution in [2.24, 2.45) is 0 Å². The third-order valence-corrected chi connectivity index (χ3v) is 5.04. The first-order valence-electron chi connectivity index (χ1n) is 9.50. The number of nitrogens with one attached hydrogen (secondary N) is 1. The molecule has 1 aromatic heterocycles. The molecule has 1 fully saturated rings. The smallest absolute Gasteiger partial charge is 0.256 e. The van der Waals surface area contributed by atoms with E-state index in [4.69, 9.17) is 0 Å². The molecule has 7 nitrogen and oxygen atoms in total. The minimum atomic E-state index is -0.510. The zero-order valence-electron chi connectivity index (χ0n) is 16.4. The van der Waals surface area contributed by atoms with Crippen LogP contribution in [-0.4, -0.2) is 63.6 Å². The van der Waals surface area contributed by atoms with Gasteiger partial charge in [-0.3, -0.25) is 14.5 Å². The van der Waals surface area contributed by atoms with E-state index in [1.54, 1.807) is 34.0 Å². The summed E-state index contributed by atoms with van der Waals surface area (Å²) in [5, 5.41) is 7.15. The Hall–Kier alpha value is -2.74. The first-order chi connectivity index (χ1) is 13.4. The second kappa shape index (κ2) is 8.52. The molecule has 2 aromatic rings. The van der Waals surface area contributed by atoms with Crippen LogP contribution in [0.1, 0.15) is 37.2 Å². The first kappa shape index (κ1) is 20.0.